The minimum atomic E-state index is -0.300. The van der Waals surface area contributed by atoms with Gasteiger partial charge < -0.3 is 15.4 Å². The van der Waals surface area contributed by atoms with E-state index in [9.17, 15) is 4.79 Å². The first-order chi connectivity index (χ1) is 12.0. The van der Waals surface area contributed by atoms with Crippen molar-refractivity contribution in [3.63, 3.8) is 0 Å². The predicted octanol–water partition coefficient (Wildman–Crippen LogP) is 4.13. The molecule has 0 unspecified atom stereocenters. The first-order valence-corrected chi connectivity index (χ1v) is 9.65. The second-order valence-corrected chi connectivity index (χ2v) is 7.54. The number of benzene rings is 2. The van der Waals surface area contributed by atoms with Gasteiger partial charge in [-0.05, 0) is 64.8 Å². The van der Waals surface area contributed by atoms with Crippen LogP contribution in [0.25, 0.3) is 0 Å². The zero-order chi connectivity index (χ0) is 18.2. The molecule has 0 spiro atoms. The molecule has 0 bridgehead atoms. The number of hydrogen-bond acceptors (Lipinski definition) is 3. The molecule has 0 fully saturated rings. The van der Waals surface area contributed by atoms with Crippen LogP contribution in [0.3, 0.4) is 0 Å². The molecule has 0 heterocycles. The summed E-state index contributed by atoms with van der Waals surface area (Å²) in [6, 6.07) is 13.9. The molecule has 0 radical (unpaired) electrons. The van der Waals surface area contributed by atoms with Gasteiger partial charge in [0.2, 0.25) is 0 Å². The van der Waals surface area contributed by atoms with Crippen LogP contribution in [-0.4, -0.2) is 24.2 Å². The van der Waals surface area contributed by atoms with Crippen LogP contribution in [-0.2, 0) is 11.2 Å². The molecule has 0 aliphatic heterocycles. The molecular formula is C18H18Br2N2O2S. The third-order valence-corrected chi connectivity index (χ3v) is 4.63. The average Bonchev–Trinajstić information content (AvgIpc) is 2.54. The van der Waals surface area contributed by atoms with Crippen LogP contribution in [0.15, 0.2) is 51.4 Å². The first kappa shape index (κ1) is 19.9. The van der Waals surface area contributed by atoms with Gasteiger partial charge in [0.25, 0.3) is 5.91 Å². The number of carbonyl (C=O) groups is 1. The van der Waals surface area contributed by atoms with Crippen LogP contribution >= 0.6 is 44.1 Å². The van der Waals surface area contributed by atoms with E-state index in [1.807, 2.05) is 37.3 Å². The first-order valence-electron chi connectivity index (χ1n) is 7.66. The summed E-state index contributed by atoms with van der Waals surface area (Å²) in [7, 11) is 0. The quantitative estimate of drug-likeness (QED) is 0.604. The van der Waals surface area contributed by atoms with Gasteiger partial charge in [-0.25, -0.2) is 0 Å². The highest BCUT2D eigenvalue weighted by Crippen LogP contribution is 2.32. The van der Waals surface area contributed by atoms with Crippen molar-refractivity contribution in [2.45, 2.75) is 13.3 Å². The minimum Gasteiger partial charge on any atom is -0.482 e. The highest BCUT2D eigenvalue weighted by Gasteiger charge is 2.10. The zero-order valence-corrected chi connectivity index (χ0v) is 17.6. The standard InChI is InChI=1S/C18H18Br2N2O2S/c1-12-9-14(19)10-15(20)17(12)24-11-16(23)22-18(25)21-8-7-13-5-3-2-4-6-13/h2-6,9-10H,7-8,11H2,1H3,(H2,21,22,23,25). The molecule has 0 aliphatic rings. The van der Waals surface area contributed by atoms with E-state index in [2.05, 4.69) is 54.6 Å². The maximum absolute atomic E-state index is 12.0. The summed E-state index contributed by atoms with van der Waals surface area (Å²) in [5, 5.41) is 5.94. The molecule has 0 aromatic heterocycles. The van der Waals surface area contributed by atoms with Crippen LogP contribution < -0.4 is 15.4 Å². The second kappa shape index (κ2) is 9.89. The monoisotopic (exact) mass is 484 g/mol. The Morgan fingerprint density at radius 2 is 1.92 bits per heavy atom. The molecule has 7 heteroatoms. The zero-order valence-electron chi connectivity index (χ0n) is 13.6. The second-order valence-electron chi connectivity index (χ2n) is 5.36. The lowest BCUT2D eigenvalue weighted by Crippen LogP contribution is -2.42. The van der Waals surface area contributed by atoms with E-state index in [0.717, 1.165) is 20.9 Å². The summed E-state index contributed by atoms with van der Waals surface area (Å²) in [6.45, 7) is 2.46. The number of aryl methyl sites for hydroxylation is 1. The predicted molar refractivity (Wildman–Crippen MR) is 111 cm³/mol. The van der Waals surface area contributed by atoms with Gasteiger partial charge in [-0.15, -0.1) is 0 Å². The van der Waals surface area contributed by atoms with E-state index in [1.54, 1.807) is 0 Å². The number of ether oxygens (including phenoxy) is 1. The lowest BCUT2D eigenvalue weighted by atomic mass is 10.1. The molecule has 25 heavy (non-hydrogen) atoms. The van der Waals surface area contributed by atoms with E-state index in [4.69, 9.17) is 17.0 Å². The molecule has 2 N–H and O–H groups in total. The summed E-state index contributed by atoms with van der Waals surface area (Å²) in [6.07, 6.45) is 0.832. The SMILES string of the molecule is Cc1cc(Br)cc(Br)c1OCC(=O)NC(=S)NCCc1ccccc1. The topological polar surface area (TPSA) is 50.4 Å². The van der Waals surface area contributed by atoms with Gasteiger partial charge in [0.15, 0.2) is 11.7 Å². The van der Waals surface area contributed by atoms with E-state index >= 15 is 0 Å². The number of amides is 1. The number of halogens is 2. The molecule has 0 saturated carbocycles. The van der Waals surface area contributed by atoms with Crippen LogP contribution in [0.1, 0.15) is 11.1 Å². The van der Waals surface area contributed by atoms with Crippen LogP contribution in [0.5, 0.6) is 5.75 Å². The van der Waals surface area contributed by atoms with Crippen molar-refractivity contribution in [3.8, 4) is 5.75 Å². The van der Waals surface area contributed by atoms with Gasteiger partial charge in [0.1, 0.15) is 5.75 Å². The van der Waals surface area contributed by atoms with Crippen molar-refractivity contribution in [1.82, 2.24) is 10.6 Å². The molecule has 1 amide bonds. The van der Waals surface area contributed by atoms with Crippen molar-refractivity contribution in [2.24, 2.45) is 0 Å². The van der Waals surface area contributed by atoms with Gasteiger partial charge >= 0.3 is 0 Å². The fourth-order valence-corrected chi connectivity index (χ4v) is 3.95. The largest absolute Gasteiger partial charge is 0.482 e. The van der Waals surface area contributed by atoms with Gasteiger partial charge in [-0.2, -0.15) is 0 Å². The summed E-state index contributed by atoms with van der Waals surface area (Å²) in [4.78, 5) is 12.0. The number of hydrogen-bond donors (Lipinski definition) is 2. The Morgan fingerprint density at radius 3 is 2.60 bits per heavy atom. The summed E-state index contributed by atoms with van der Waals surface area (Å²) in [5.41, 5.74) is 2.14. The molecule has 0 atom stereocenters. The van der Waals surface area contributed by atoms with E-state index in [-0.39, 0.29) is 12.5 Å². The molecule has 4 nitrogen and oxygen atoms in total. The molecule has 0 aliphatic carbocycles. The Morgan fingerprint density at radius 1 is 1.20 bits per heavy atom. The van der Waals surface area contributed by atoms with Crippen LogP contribution in [0, 0.1) is 6.92 Å². The minimum absolute atomic E-state index is 0.110. The third-order valence-electron chi connectivity index (χ3n) is 3.34. The molecular weight excluding hydrogens is 468 g/mol. The van der Waals surface area contributed by atoms with Crippen LogP contribution in [0.4, 0.5) is 0 Å². The smallest absolute Gasteiger partial charge is 0.264 e. The van der Waals surface area contributed by atoms with Crippen molar-refractivity contribution in [1.29, 1.82) is 0 Å². The number of carbonyl (C=O) groups excluding carboxylic acids is 1. The Hall–Kier alpha value is -1.44. The van der Waals surface area contributed by atoms with Crippen LogP contribution in [0.2, 0.25) is 0 Å². The summed E-state index contributed by atoms with van der Waals surface area (Å²) in [5.74, 6) is 0.340. The lowest BCUT2D eigenvalue weighted by Gasteiger charge is -2.13. The molecule has 132 valence electrons. The van der Waals surface area contributed by atoms with Crippen molar-refractivity contribution in [3.05, 3.63) is 62.5 Å². The summed E-state index contributed by atoms with van der Waals surface area (Å²) < 4.78 is 7.32. The normalized spacial score (nSPS) is 10.2. The Balaban J connectivity index is 1.74. The fourth-order valence-electron chi connectivity index (χ4n) is 2.18. The summed E-state index contributed by atoms with van der Waals surface area (Å²) >= 11 is 12.0. The van der Waals surface area contributed by atoms with Gasteiger partial charge in [0, 0.05) is 11.0 Å². The lowest BCUT2D eigenvalue weighted by molar-refractivity contribution is -0.121. The van der Waals surface area contributed by atoms with Crippen molar-refractivity contribution < 1.29 is 9.53 Å². The average molecular weight is 486 g/mol. The van der Waals surface area contributed by atoms with Gasteiger partial charge in [-0.3, -0.25) is 4.79 Å². The van der Waals surface area contributed by atoms with Gasteiger partial charge in [0.05, 0.1) is 4.47 Å². The Labute approximate surface area is 169 Å². The fraction of sp³-hybridized carbons (Fsp3) is 0.222. The maximum Gasteiger partial charge on any atom is 0.264 e. The number of nitrogens with one attached hydrogen (secondary N) is 2. The van der Waals surface area contributed by atoms with E-state index in [1.165, 1.54) is 5.56 Å². The van der Waals surface area contributed by atoms with Crippen molar-refractivity contribution >= 4 is 55.1 Å². The molecule has 0 saturated heterocycles. The molecule has 2 aromatic rings. The number of thiocarbonyl (C=S) groups is 1. The highest BCUT2D eigenvalue weighted by molar-refractivity contribution is 9.11. The van der Waals surface area contributed by atoms with E-state index in [0.29, 0.717) is 17.4 Å². The van der Waals surface area contributed by atoms with Gasteiger partial charge in [-0.1, -0.05) is 46.3 Å². The highest BCUT2D eigenvalue weighted by atomic mass is 79.9. The van der Waals surface area contributed by atoms with Crippen molar-refractivity contribution in [2.75, 3.05) is 13.2 Å². The Kier molecular flexibility index (Phi) is 7.87. The van der Waals surface area contributed by atoms with E-state index < -0.39 is 0 Å². The Bertz CT molecular complexity index is 731. The third kappa shape index (κ3) is 6.76. The maximum atomic E-state index is 12.0. The molecule has 2 aromatic carbocycles. The number of rotatable bonds is 6. The molecule has 2 rings (SSSR count).